The van der Waals surface area contributed by atoms with E-state index in [0.29, 0.717) is 6.54 Å². The average molecular weight is 258 g/mol. The lowest BCUT2D eigenvalue weighted by Crippen LogP contribution is -2.11. The molecular formula is C15H22N4. The highest BCUT2D eigenvalue weighted by Crippen LogP contribution is 2.23. The molecule has 0 unspecified atom stereocenters. The van der Waals surface area contributed by atoms with Gasteiger partial charge in [0.1, 0.15) is 5.82 Å². The number of rotatable bonds is 3. The van der Waals surface area contributed by atoms with Crippen LogP contribution in [0.3, 0.4) is 0 Å². The number of hydrogen-bond donors (Lipinski definition) is 1. The lowest BCUT2D eigenvalue weighted by molar-refractivity contribution is 0.590. The molecule has 102 valence electrons. The van der Waals surface area contributed by atoms with Crippen molar-refractivity contribution in [3.8, 4) is 0 Å². The van der Waals surface area contributed by atoms with Gasteiger partial charge in [0.15, 0.2) is 5.82 Å². The first-order valence-electron chi connectivity index (χ1n) is 6.57. The summed E-state index contributed by atoms with van der Waals surface area (Å²) in [6.07, 6.45) is 0. The Morgan fingerprint density at radius 1 is 1.11 bits per heavy atom. The van der Waals surface area contributed by atoms with Crippen LogP contribution < -0.4 is 5.32 Å². The van der Waals surface area contributed by atoms with Crippen molar-refractivity contribution in [2.75, 3.05) is 5.32 Å². The standard InChI is InChI=1S/C15H22N4/c1-11-17-18-14(19(11)5)10-16-13-8-6-12(7-9-13)15(2,3)4/h6-9,16H,10H2,1-5H3. The van der Waals surface area contributed by atoms with E-state index in [4.69, 9.17) is 0 Å². The normalized spacial score (nSPS) is 11.6. The third-order valence-electron chi connectivity index (χ3n) is 3.38. The molecule has 1 aromatic carbocycles. The molecule has 0 aliphatic carbocycles. The highest BCUT2D eigenvalue weighted by Gasteiger charge is 2.12. The minimum Gasteiger partial charge on any atom is -0.378 e. The second-order valence-electron chi connectivity index (χ2n) is 5.90. The monoisotopic (exact) mass is 258 g/mol. The molecule has 1 N–H and O–H groups in total. The van der Waals surface area contributed by atoms with Crippen molar-refractivity contribution in [3.63, 3.8) is 0 Å². The smallest absolute Gasteiger partial charge is 0.152 e. The van der Waals surface area contributed by atoms with Crippen molar-refractivity contribution < 1.29 is 0 Å². The van der Waals surface area contributed by atoms with E-state index in [0.717, 1.165) is 17.3 Å². The van der Waals surface area contributed by atoms with E-state index >= 15 is 0 Å². The van der Waals surface area contributed by atoms with Gasteiger partial charge in [-0.3, -0.25) is 0 Å². The Kier molecular flexibility index (Phi) is 3.60. The highest BCUT2D eigenvalue weighted by atomic mass is 15.3. The summed E-state index contributed by atoms with van der Waals surface area (Å²) < 4.78 is 2.00. The van der Waals surface area contributed by atoms with Gasteiger partial charge in [0.05, 0.1) is 6.54 Å². The highest BCUT2D eigenvalue weighted by molar-refractivity contribution is 5.45. The van der Waals surface area contributed by atoms with Crippen molar-refractivity contribution in [1.29, 1.82) is 0 Å². The Balaban J connectivity index is 2.03. The molecule has 0 amide bonds. The van der Waals surface area contributed by atoms with Gasteiger partial charge in [-0.25, -0.2) is 0 Å². The summed E-state index contributed by atoms with van der Waals surface area (Å²) in [6.45, 7) is 9.30. The van der Waals surface area contributed by atoms with Gasteiger partial charge in [0.25, 0.3) is 0 Å². The van der Waals surface area contributed by atoms with E-state index < -0.39 is 0 Å². The first-order valence-corrected chi connectivity index (χ1v) is 6.57. The van der Waals surface area contributed by atoms with Crippen molar-refractivity contribution in [2.24, 2.45) is 7.05 Å². The molecule has 0 aliphatic heterocycles. The predicted octanol–water partition coefficient (Wildman–Crippen LogP) is 3.03. The van der Waals surface area contributed by atoms with E-state index in [-0.39, 0.29) is 5.41 Å². The third kappa shape index (κ3) is 3.13. The van der Waals surface area contributed by atoms with Gasteiger partial charge in [0.2, 0.25) is 0 Å². The molecule has 2 aromatic rings. The van der Waals surface area contributed by atoms with Crippen molar-refractivity contribution >= 4 is 5.69 Å². The number of nitrogens with zero attached hydrogens (tertiary/aromatic N) is 3. The zero-order chi connectivity index (χ0) is 14.0. The van der Waals surface area contributed by atoms with Gasteiger partial charge >= 0.3 is 0 Å². The Labute approximate surface area is 114 Å². The summed E-state index contributed by atoms with van der Waals surface area (Å²) in [5, 5.41) is 11.6. The van der Waals surface area contributed by atoms with Crippen LogP contribution in [-0.2, 0) is 19.0 Å². The first-order chi connectivity index (χ1) is 8.88. The van der Waals surface area contributed by atoms with Gasteiger partial charge in [0, 0.05) is 12.7 Å². The van der Waals surface area contributed by atoms with Gasteiger partial charge < -0.3 is 9.88 Å². The molecule has 0 atom stereocenters. The number of benzene rings is 1. The summed E-state index contributed by atoms with van der Waals surface area (Å²) in [4.78, 5) is 0. The van der Waals surface area contributed by atoms with Crippen molar-refractivity contribution in [2.45, 2.75) is 39.7 Å². The molecule has 0 spiro atoms. The van der Waals surface area contributed by atoms with Gasteiger partial charge in [-0.05, 0) is 30.0 Å². The zero-order valence-electron chi connectivity index (χ0n) is 12.4. The maximum Gasteiger partial charge on any atom is 0.152 e. The molecular weight excluding hydrogens is 236 g/mol. The summed E-state index contributed by atoms with van der Waals surface area (Å²) >= 11 is 0. The van der Waals surface area contributed by atoms with Crippen LogP contribution in [-0.4, -0.2) is 14.8 Å². The van der Waals surface area contributed by atoms with Crippen LogP contribution in [0.4, 0.5) is 5.69 Å². The molecule has 0 radical (unpaired) electrons. The maximum atomic E-state index is 4.14. The van der Waals surface area contributed by atoms with E-state index in [2.05, 4.69) is 60.6 Å². The van der Waals surface area contributed by atoms with Gasteiger partial charge in [-0.2, -0.15) is 0 Å². The van der Waals surface area contributed by atoms with E-state index in [1.807, 2.05) is 18.5 Å². The second kappa shape index (κ2) is 5.03. The number of nitrogens with one attached hydrogen (secondary N) is 1. The Morgan fingerprint density at radius 3 is 2.21 bits per heavy atom. The topological polar surface area (TPSA) is 42.7 Å². The Morgan fingerprint density at radius 2 is 1.74 bits per heavy atom. The molecule has 19 heavy (non-hydrogen) atoms. The lowest BCUT2D eigenvalue weighted by Gasteiger charge is -2.19. The molecule has 4 heteroatoms. The van der Waals surface area contributed by atoms with Crippen LogP contribution in [0, 0.1) is 6.92 Å². The summed E-state index contributed by atoms with van der Waals surface area (Å²) in [5.74, 6) is 1.87. The Bertz CT molecular complexity index is 547. The third-order valence-corrected chi connectivity index (χ3v) is 3.38. The molecule has 0 fully saturated rings. The second-order valence-corrected chi connectivity index (χ2v) is 5.90. The number of anilines is 1. The molecule has 1 aromatic heterocycles. The average Bonchev–Trinajstić information content (AvgIpc) is 2.67. The van der Waals surface area contributed by atoms with Gasteiger partial charge in [-0.15, -0.1) is 10.2 Å². The van der Waals surface area contributed by atoms with E-state index in [1.54, 1.807) is 0 Å². The largest absolute Gasteiger partial charge is 0.378 e. The number of aromatic nitrogens is 3. The summed E-state index contributed by atoms with van der Waals surface area (Å²) in [7, 11) is 1.98. The van der Waals surface area contributed by atoms with E-state index in [1.165, 1.54) is 5.56 Å². The van der Waals surface area contributed by atoms with Crippen LogP contribution in [0.15, 0.2) is 24.3 Å². The quantitative estimate of drug-likeness (QED) is 0.920. The minimum atomic E-state index is 0.194. The SMILES string of the molecule is Cc1nnc(CNc2ccc(C(C)(C)C)cc2)n1C. The maximum absolute atomic E-state index is 4.14. The molecule has 0 saturated heterocycles. The summed E-state index contributed by atoms with van der Waals surface area (Å²) in [6, 6.07) is 8.57. The molecule has 0 bridgehead atoms. The van der Waals surface area contributed by atoms with Crippen LogP contribution in [0.1, 0.15) is 38.0 Å². The molecule has 0 saturated carbocycles. The predicted molar refractivity (Wildman–Crippen MR) is 78.2 cm³/mol. The van der Waals surface area contributed by atoms with Crippen LogP contribution in [0.2, 0.25) is 0 Å². The minimum absolute atomic E-state index is 0.194. The lowest BCUT2D eigenvalue weighted by atomic mass is 9.87. The molecule has 0 aliphatic rings. The van der Waals surface area contributed by atoms with Gasteiger partial charge in [-0.1, -0.05) is 32.9 Å². The Hall–Kier alpha value is -1.84. The van der Waals surface area contributed by atoms with Crippen LogP contribution in [0.5, 0.6) is 0 Å². The fourth-order valence-corrected chi connectivity index (χ4v) is 1.87. The first kappa shape index (κ1) is 13.6. The van der Waals surface area contributed by atoms with E-state index in [9.17, 15) is 0 Å². The van der Waals surface area contributed by atoms with Crippen LogP contribution >= 0.6 is 0 Å². The van der Waals surface area contributed by atoms with Crippen molar-refractivity contribution in [1.82, 2.24) is 14.8 Å². The molecule has 2 rings (SSSR count). The zero-order valence-corrected chi connectivity index (χ0v) is 12.4. The molecule has 1 heterocycles. The number of aryl methyl sites for hydroxylation is 1. The van der Waals surface area contributed by atoms with Crippen molar-refractivity contribution in [3.05, 3.63) is 41.5 Å². The molecule has 4 nitrogen and oxygen atoms in total. The fraction of sp³-hybridized carbons (Fsp3) is 0.467. The van der Waals surface area contributed by atoms with Crippen LogP contribution in [0.25, 0.3) is 0 Å². The number of hydrogen-bond acceptors (Lipinski definition) is 3. The fourth-order valence-electron chi connectivity index (χ4n) is 1.87. The summed E-state index contributed by atoms with van der Waals surface area (Å²) in [5.41, 5.74) is 2.64.